The summed E-state index contributed by atoms with van der Waals surface area (Å²) in [5.74, 6) is -2.35. The van der Waals surface area contributed by atoms with E-state index in [0.717, 1.165) is 4.90 Å². The van der Waals surface area contributed by atoms with Crippen molar-refractivity contribution in [3.05, 3.63) is 131 Å². The van der Waals surface area contributed by atoms with Crippen LogP contribution in [0.25, 0.3) is 6.08 Å². The minimum Gasteiger partial charge on any atom is -0.462 e. The summed E-state index contributed by atoms with van der Waals surface area (Å²) in [7, 11) is 0. The number of carbonyl (C=O) groups excluding carboxylic acids is 4. The molecular weight excluding hydrogens is 581 g/mol. The summed E-state index contributed by atoms with van der Waals surface area (Å²) < 4.78 is 19.3. The number of hydrogen-bond donors (Lipinski definition) is 3. The maximum absolute atomic E-state index is 14.4. The van der Waals surface area contributed by atoms with Gasteiger partial charge in [-0.05, 0) is 86.7 Å². The molecule has 4 aromatic carbocycles. The topological polar surface area (TPSA) is 114 Å². The lowest BCUT2D eigenvalue weighted by molar-refractivity contribution is -0.115. The number of anilines is 2. The highest BCUT2D eigenvalue weighted by atomic mass is 32.2. The van der Waals surface area contributed by atoms with Gasteiger partial charge in [0.2, 0.25) is 5.91 Å². The van der Waals surface area contributed by atoms with Crippen LogP contribution in [-0.4, -0.2) is 35.5 Å². The molecule has 0 spiro atoms. The number of nitrogens with one attached hydrogen (secondary N) is 3. The Bertz CT molecular complexity index is 1660. The lowest BCUT2D eigenvalue weighted by atomic mass is 10.1. The average molecular weight is 612 g/mol. The molecular formula is C34H30FN3O5S. The Hall–Kier alpha value is -5.22. The Morgan fingerprint density at radius 2 is 1.41 bits per heavy atom. The van der Waals surface area contributed by atoms with Crippen molar-refractivity contribution >= 4 is 52.9 Å². The number of esters is 1. The molecule has 0 radical (unpaired) electrons. The fourth-order valence-corrected chi connectivity index (χ4v) is 4.78. The highest BCUT2D eigenvalue weighted by molar-refractivity contribution is 8.00. The summed E-state index contributed by atoms with van der Waals surface area (Å²) in [4.78, 5) is 51.3. The summed E-state index contributed by atoms with van der Waals surface area (Å²) >= 11 is 1.32. The first-order valence-corrected chi connectivity index (χ1v) is 14.6. The molecule has 8 nitrogen and oxygen atoms in total. The van der Waals surface area contributed by atoms with Gasteiger partial charge in [0.05, 0.1) is 17.4 Å². The monoisotopic (exact) mass is 611 g/mol. The minimum absolute atomic E-state index is 0.136. The van der Waals surface area contributed by atoms with Crippen molar-refractivity contribution in [3.8, 4) is 0 Å². The van der Waals surface area contributed by atoms with Gasteiger partial charge in [0.25, 0.3) is 11.8 Å². The van der Waals surface area contributed by atoms with Crippen molar-refractivity contribution in [1.29, 1.82) is 0 Å². The van der Waals surface area contributed by atoms with Crippen LogP contribution in [0.5, 0.6) is 0 Å². The zero-order valence-electron chi connectivity index (χ0n) is 24.0. The Labute approximate surface area is 258 Å². The zero-order chi connectivity index (χ0) is 31.5. The molecule has 10 heteroatoms. The molecule has 0 aliphatic heterocycles. The van der Waals surface area contributed by atoms with E-state index in [-0.39, 0.29) is 23.8 Å². The van der Waals surface area contributed by atoms with Crippen molar-refractivity contribution in [2.24, 2.45) is 0 Å². The summed E-state index contributed by atoms with van der Waals surface area (Å²) in [6.45, 7) is 3.77. The predicted molar refractivity (Wildman–Crippen MR) is 170 cm³/mol. The lowest BCUT2D eigenvalue weighted by Gasteiger charge is -2.14. The van der Waals surface area contributed by atoms with Crippen molar-refractivity contribution in [1.82, 2.24) is 5.32 Å². The second-order valence-corrected chi connectivity index (χ2v) is 10.8. The van der Waals surface area contributed by atoms with Gasteiger partial charge in [-0.25, -0.2) is 9.18 Å². The third-order valence-corrected chi connectivity index (χ3v) is 7.30. The van der Waals surface area contributed by atoms with Crippen molar-refractivity contribution in [2.75, 3.05) is 17.2 Å². The number of halogens is 1. The van der Waals surface area contributed by atoms with Crippen LogP contribution >= 0.6 is 11.8 Å². The molecule has 0 aliphatic rings. The molecule has 1 atom stereocenters. The Kier molecular flexibility index (Phi) is 11.0. The first-order valence-electron chi connectivity index (χ1n) is 13.7. The van der Waals surface area contributed by atoms with Gasteiger partial charge in [-0.15, -0.1) is 11.8 Å². The molecule has 44 heavy (non-hydrogen) atoms. The zero-order valence-corrected chi connectivity index (χ0v) is 24.8. The summed E-state index contributed by atoms with van der Waals surface area (Å²) in [5, 5.41) is 7.68. The second-order valence-electron chi connectivity index (χ2n) is 9.43. The van der Waals surface area contributed by atoms with Crippen molar-refractivity contribution in [2.45, 2.75) is 24.0 Å². The van der Waals surface area contributed by atoms with E-state index in [1.165, 1.54) is 36.0 Å². The number of rotatable bonds is 11. The SMILES string of the molecule is CCOC(=O)c1ccc(NC(=O)C(C)Sc2ccc(NC(=O)/C(=C/c3ccccc3F)NC(=O)c3ccccc3)cc2)cc1. The van der Waals surface area contributed by atoms with Gasteiger partial charge < -0.3 is 20.7 Å². The highest BCUT2D eigenvalue weighted by Gasteiger charge is 2.18. The third-order valence-electron chi connectivity index (χ3n) is 6.19. The van der Waals surface area contributed by atoms with Crippen LogP contribution in [0.1, 0.15) is 40.1 Å². The fraction of sp³-hybridized carbons (Fsp3) is 0.118. The predicted octanol–water partition coefficient (Wildman–Crippen LogP) is 6.53. The van der Waals surface area contributed by atoms with Gasteiger partial charge in [0, 0.05) is 27.4 Å². The van der Waals surface area contributed by atoms with E-state index in [9.17, 15) is 23.6 Å². The second kappa shape index (κ2) is 15.3. The molecule has 0 heterocycles. The Morgan fingerprint density at radius 3 is 2.07 bits per heavy atom. The number of hydrogen-bond acceptors (Lipinski definition) is 6. The maximum atomic E-state index is 14.4. The largest absolute Gasteiger partial charge is 0.462 e. The van der Waals surface area contributed by atoms with E-state index in [0.29, 0.717) is 22.5 Å². The number of amides is 3. The molecule has 4 aromatic rings. The first kappa shape index (κ1) is 31.7. The molecule has 4 rings (SSSR count). The minimum atomic E-state index is -0.639. The summed E-state index contributed by atoms with van der Waals surface area (Å²) in [5.41, 5.74) is 1.72. The number of carbonyl (C=O) groups is 4. The number of benzene rings is 4. The molecule has 224 valence electrons. The van der Waals surface area contributed by atoms with Gasteiger partial charge >= 0.3 is 5.97 Å². The molecule has 3 amide bonds. The first-order chi connectivity index (χ1) is 21.2. The van der Waals surface area contributed by atoms with Crippen LogP contribution in [0, 0.1) is 5.82 Å². The Morgan fingerprint density at radius 1 is 0.795 bits per heavy atom. The summed E-state index contributed by atoms with van der Waals surface area (Å²) in [6, 6.07) is 27.6. The number of ether oxygens (including phenoxy) is 1. The smallest absolute Gasteiger partial charge is 0.338 e. The van der Waals surface area contributed by atoms with Gasteiger partial charge in [0.15, 0.2) is 0 Å². The quantitative estimate of drug-likeness (QED) is 0.101. The lowest BCUT2D eigenvalue weighted by Crippen LogP contribution is -2.30. The van der Waals surface area contributed by atoms with Gasteiger partial charge in [-0.3, -0.25) is 14.4 Å². The average Bonchev–Trinajstić information content (AvgIpc) is 3.03. The number of thioether (sulfide) groups is 1. The van der Waals surface area contributed by atoms with Crippen LogP contribution in [0.3, 0.4) is 0 Å². The standard InChI is InChI=1S/C34H30FN3O5S/c1-3-43-34(42)24-13-15-26(16-14-24)36-31(39)22(2)44-28-19-17-27(18-20-28)37-33(41)30(21-25-11-7-8-12-29(25)35)38-32(40)23-9-5-4-6-10-23/h4-22H,3H2,1-2H3,(H,36,39)(H,37,41)(H,38,40)/b30-21-. The van der Waals surface area contributed by atoms with E-state index < -0.39 is 28.9 Å². The highest BCUT2D eigenvalue weighted by Crippen LogP contribution is 2.26. The van der Waals surface area contributed by atoms with Crippen LogP contribution in [0.15, 0.2) is 114 Å². The third kappa shape index (κ3) is 8.89. The summed E-state index contributed by atoms with van der Waals surface area (Å²) in [6.07, 6.45) is 1.28. The van der Waals surface area contributed by atoms with Crippen LogP contribution < -0.4 is 16.0 Å². The Balaban J connectivity index is 1.39. The van der Waals surface area contributed by atoms with Crippen LogP contribution in [0.4, 0.5) is 15.8 Å². The van der Waals surface area contributed by atoms with Gasteiger partial charge in [-0.1, -0.05) is 36.4 Å². The molecule has 0 bridgehead atoms. The molecule has 0 saturated heterocycles. The fourth-order valence-electron chi connectivity index (χ4n) is 3.91. The molecule has 1 unspecified atom stereocenters. The van der Waals surface area contributed by atoms with E-state index in [1.807, 2.05) is 0 Å². The maximum Gasteiger partial charge on any atom is 0.338 e. The van der Waals surface area contributed by atoms with E-state index in [1.54, 1.807) is 98.8 Å². The van der Waals surface area contributed by atoms with E-state index in [4.69, 9.17) is 4.74 Å². The van der Waals surface area contributed by atoms with Crippen molar-refractivity contribution < 1.29 is 28.3 Å². The van der Waals surface area contributed by atoms with E-state index >= 15 is 0 Å². The van der Waals surface area contributed by atoms with Crippen molar-refractivity contribution in [3.63, 3.8) is 0 Å². The van der Waals surface area contributed by atoms with Gasteiger partial charge in [0.1, 0.15) is 11.5 Å². The molecule has 0 aliphatic carbocycles. The van der Waals surface area contributed by atoms with Gasteiger partial charge in [-0.2, -0.15) is 0 Å². The molecule has 0 aromatic heterocycles. The molecule has 0 fully saturated rings. The normalized spacial score (nSPS) is 11.7. The van der Waals surface area contributed by atoms with Crippen LogP contribution in [0.2, 0.25) is 0 Å². The molecule has 0 saturated carbocycles. The van der Waals surface area contributed by atoms with E-state index in [2.05, 4.69) is 16.0 Å². The van der Waals surface area contributed by atoms with Crippen LogP contribution in [-0.2, 0) is 14.3 Å². The molecule has 3 N–H and O–H groups in total.